The number of aromatic amines is 1. The van der Waals surface area contributed by atoms with Crippen molar-refractivity contribution in [3.8, 4) is 6.07 Å². The van der Waals surface area contributed by atoms with E-state index >= 15 is 0 Å². The molecule has 5 nitrogen and oxygen atoms in total. The predicted molar refractivity (Wildman–Crippen MR) is 110 cm³/mol. The average molecular weight is 397 g/mol. The van der Waals surface area contributed by atoms with E-state index < -0.39 is 0 Å². The summed E-state index contributed by atoms with van der Waals surface area (Å²) in [5.41, 5.74) is 3.65. The number of nitrogens with one attached hydrogen (secondary N) is 2. The van der Waals surface area contributed by atoms with E-state index in [2.05, 4.69) is 21.4 Å². The zero-order valence-electron chi connectivity index (χ0n) is 15.0. The maximum absolute atomic E-state index is 12.7. The lowest BCUT2D eigenvalue weighted by Crippen LogP contribution is -2.22. The number of thioether (sulfide) groups is 1. The minimum atomic E-state index is -0.320. The van der Waals surface area contributed by atoms with E-state index in [0.29, 0.717) is 10.6 Å². The highest BCUT2D eigenvalue weighted by Crippen LogP contribution is 2.37. The van der Waals surface area contributed by atoms with E-state index in [-0.39, 0.29) is 11.2 Å². The molecule has 138 valence electrons. The maximum Gasteiger partial charge on any atom is 0.238 e. The van der Waals surface area contributed by atoms with Gasteiger partial charge in [0.1, 0.15) is 11.1 Å². The third-order valence-corrected chi connectivity index (χ3v) is 6.99. The van der Waals surface area contributed by atoms with Gasteiger partial charge in [0.15, 0.2) is 5.16 Å². The molecule has 27 heavy (non-hydrogen) atoms. The summed E-state index contributed by atoms with van der Waals surface area (Å²) in [6.07, 6.45) is 5.43. The minimum absolute atomic E-state index is 0.103. The summed E-state index contributed by atoms with van der Waals surface area (Å²) >= 11 is 2.96. The molecule has 1 aliphatic rings. The first kappa shape index (κ1) is 18.1. The van der Waals surface area contributed by atoms with Crippen LogP contribution in [0.4, 0.5) is 5.00 Å². The van der Waals surface area contributed by atoms with Gasteiger partial charge < -0.3 is 10.3 Å². The fraction of sp³-hybridized carbons (Fsp3) is 0.350. The molecule has 2 heterocycles. The number of nitrogens with zero attached hydrogens (tertiary/aromatic N) is 2. The quantitative estimate of drug-likeness (QED) is 0.486. The van der Waals surface area contributed by atoms with Gasteiger partial charge in [-0.1, -0.05) is 30.3 Å². The standard InChI is InChI=1S/C20H20N4OS2/c1-12(26-20-22-15-8-5-6-9-16(15)23-20)18(25)24-19-14(11-21)13-7-3-2-4-10-17(13)27-19/h5-6,8-9,12H,2-4,7,10H2,1H3,(H,22,23)(H,24,25)/t12-/m0/s1. The number of benzene rings is 1. The van der Waals surface area contributed by atoms with Crippen molar-refractivity contribution in [1.29, 1.82) is 5.26 Å². The highest BCUT2D eigenvalue weighted by atomic mass is 32.2. The Balaban J connectivity index is 1.49. The molecule has 0 aliphatic heterocycles. The number of fused-ring (bicyclic) bond motifs is 2. The van der Waals surface area contributed by atoms with Crippen LogP contribution in [-0.4, -0.2) is 21.1 Å². The number of carbonyl (C=O) groups is 1. The van der Waals surface area contributed by atoms with Crippen LogP contribution in [0.1, 0.15) is 42.2 Å². The van der Waals surface area contributed by atoms with Gasteiger partial charge in [0, 0.05) is 4.88 Å². The maximum atomic E-state index is 12.7. The van der Waals surface area contributed by atoms with Crippen LogP contribution in [0.25, 0.3) is 11.0 Å². The second kappa shape index (κ2) is 7.75. The van der Waals surface area contributed by atoms with E-state index in [1.165, 1.54) is 23.1 Å². The summed E-state index contributed by atoms with van der Waals surface area (Å²) < 4.78 is 0. The molecule has 4 rings (SSSR count). The molecule has 1 atom stereocenters. The number of para-hydroxylation sites is 2. The van der Waals surface area contributed by atoms with Crippen molar-refractivity contribution < 1.29 is 4.79 Å². The normalized spacial score (nSPS) is 15.0. The number of hydrogen-bond acceptors (Lipinski definition) is 5. The Bertz CT molecular complexity index is 997. The number of nitriles is 1. The molecule has 0 spiro atoms. The number of rotatable bonds is 4. The summed E-state index contributed by atoms with van der Waals surface area (Å²) in [5.74, 6) is -0.103. The summed E-state index contributed by atoms with van der Waals surface area (Å²) in [4.78, 5) is 21.7. The van der Waals surface area contributed by atoms with Gasteiger partial charge in [0.05, 0.1) is 21.8 Å². The van der Waals surface area contributed by atoms with Crippen LogP contribution in [-0.2, 0) is 17.6 Å². The Morgan fingerprint density at radius 3 is 2.96 bits per heavy atom. The van der Waals surface area contributed by atoms with Gasteiger partial charge in [-0.25, -0.2) is 4.98 Å². The number of imidazole rings is 1. The average Bonchev–Trinajstić information content (AvgIpc) is 3.13. The van der Waals surface area contributed by atoms with Crippen LogP contribution < -0.4 is 5.32 Å². The Morgan fingerprint density at radius 1 is 1.33 bits per heavy atom. The van der Waals surface area contributed by atoms with Crippen molar-refractivity contribution >= 4 is 45.0 Å². The van der Waals surface area contributed by atoms with Gasteiger partial charge in [0.2, 0.25) is 5.91 Å². The summed E-state index contributed by atoms with van der Waals surface area (Å²) in [5, 5.41) is 13.7. The molecule has 0 radical (unpaired) electrons. The molecule has 1 aromatic carbocycles. The van der Waals surface area contributed by atoms with Crippen LogP contribution >= 0.6 is 23.1 Å². The number of hydrogen-bond donors (Lipinski definition) is 2. The number of carbonyl (C=O) groups excluding carboxylic acids is 1. The number of aromatic nitrogens is 2. The fourth-order valence-corrected chi connectivity index (χ4v) is 5.43. The molecule has 3 aromatic rings. The number of H-pyrrole nitrogens is 1. The fourth-order valence-electron chi connectivity index (χ4n) is 3.37. The van der Waals surface area contributed by atoms with Crippen LogP contribution in [0.3, 0.4) is 0 Å². The van der Waals surface area contributed by atoms with E-state index in [0.717, 1.165) is 47.4 Å². The highest BCUT2D eigenvalue weighted by molar-refractivity contribution is 8.00. The first-order valence-corrected chi connectivity index (χ1v) is 10.8. The Morgan fingerprint density at radius 2 is 2.15 bits per heavy atom. The van der Waals surface area contributed by atoms with E-state index in [1.54, 1.807) is 11.3 Å². The molecule has 1 amide bonds. The first-order valence-electron chi connectivity index (χ1n) is 9.12. The topological polar surface area (TPSA) is 81.6 Å². The number of thiophene rings is 1. The molecular weight excluding hydrogens is 376 g/mol. The number of amides is 1. The molecule has 0 fully saturated rings. The molecule has 0 saturated carbocycles. The van der Waals surface area contributed by atoms with Gasteiger partial charge >= 0.3 is 0 Å². The molecule has 0 bridgehead atoms. The zero-order chi connectivity index (χ0) is 18.8. The van der Waals surface area contributed by atoms with E-state index in [9.17, 15) is 10.1 Å². The lowest BCUT2D eigenvalue weighted by molar-refractivity contribution is -0.115. The molecule has 1 aliphatic carbocycles. The summed E-state index contributed by atoms with van der Waals surface area (Å²) in [6, 6.07) is 10.1. The molecule has 0 unspecified atom stereocenters. The number of anilines is 1. The monoisotopic (exact) mass is 396 g/mol. The van der Waals surface area contributed by atoms with Gasteiger partial charge in [-0.2, -0.15) is 5.26 Å². The lowest BCUT2D eigenvalue weighted by Gasteiger charge is -2.09. The van der Waals surface area contributed by atoms with Gasteiger partial charge in [0.25, 0.3) is 0 Å². The Labute approximate surface area is 166 Å². The van der Waals surface area contributed by atoms with Crippen molar-refractivity contribution in [2.24, 2.45) is 0 Å². The second-order valence-corrected chi connectivity index (χ2v) is 9.12. The largest absolute Gasteiger partial charge is 0.333 e. The molecular formula is C20H20N4OS2. The number of aryl methyl sites for hydroxylation is 1. The molecule has 7 heteroatoms. The van der Waals surface area contributed by atoms with Crippen LogP contribution in [0.2, 0.25) is 0 Å². The first-order chi connectivity index (χ1) is 13.2. The third-order valence-electron chi connectivity index (χ3n) is 4.80. The van der Waals surface area contributed by atoms with Crippen molar-refractivity contribution in [2.75, 3.05) is 5.32 Å². The predicted octanol–water partition coefficient (Wildman–Crippen LogP) is 4.88. The zero-order valence-corrected chi connectivity index (χ0v) is 16.7. The van der Waals surface area contributed by atoms with Crippen molar-refractivity contribution in [3.05, 3.63) is 40.3 Å². The highest BCUT2D eigenvalue weighted by Gasteiger charge is 2.23. The third kappa shape index (κ3) is 3.73. The smallest absolute Gasteiger partial charge is 0.238 e. The Hall–Kier alpha value is -2.30. The van der Waals surface area contributed by atoms with Gasteiger partial charge in [-0.3, -0.25) is 4.79 Å². The van der Waals surface area contributed by atoms with E-state index in [4.69, 9.17) is 0 Å². The van der Waals surface area contributed by atoms with Crippen molar-refractivity contribution in [3.63, 3.8) is 0 Å². The molecule has 2 N–H and O–H groups in total. The summed E-state index contributed by atoms with van der Waals surface area (Å²) in [6.45, 7) is 1.86. The lowest BCUT2D eigenvalue weighted by atomic mass is 10.1. The van der Waals surface area contributed by atoms with Crippen molar-refractivity contribution in [2.45, 2.75) is 49.4 Å². The molecule has 2 aromatic heterocycles. The second-order valence-electron chi connectivity index (χ2n) is 6.69. The minimum Gasteiger partial charge on any atom is -0.333 e. The summed E-state index contributed by atoms with van der Waals surface area (Å²) in [7, 11) is 0. The van der Waals surface area contributed by atoms with Gasteiger partial charge in [-0.15, -0.1) is 11.3 Å². The van der Waals surface area contributed by atoms with Crippen LogP contribution in [0, 0.1) is 11.3 Å². The van der Waals surface area contributed by atoms with Crippen LogP contribution in [0.15, 0.2) is 29.4 Å². The van der Waals surface area contributed by atoms with E-state index in [1.807, 2.05) is 31.2 Å². The van der Waals surface area contributed by atoms with Crippen LogP contribution in [0.5, 0.6) is 0 Å². The van der Waals surface area contributed by atoms with Gasteiger partial charge in [-0.05, 0) is 50.3 Å². The molecule has 0 saturated heterocycles. The Kier molecular flexibility index (Phi) is 5.19. The SMILES string of the molecule is C[C@H](Sc1nc2ccccc2[nH]1)C(=O)Nc1sc2c(c1C#N)CCCCC2. The van der Waals surface area contributed by atoms with Crippen molar-refractivity contribution in [1.82, 2.24) is 9.97 Å².